The lowest BCUT2D eigenvalue weighted by atomic mass is 10.2. The van der Waals surface area contributed by atoms with Crippen LogP contribution < -0.4 is 10.1 Å². The van der Waals surface area contributed by atoms with Gasteiger partial charge in [-0.3, -0.25) is 4.79 Å². The Kier molecular flexibility index (Phi) is 4.34. The largest absolute Gasteiger partial charge is 0.486 e. The molecule has 0 saturated carbocycles. The number of para-hydroxylation sites is 1. The molecule has 0 spiro atoms. The molecule has 5 nitrogen and oxygen atoms in total. The van der Waals surface area contributed by atoms with Crippen molar-refractivity contribution in [2.24, 2.45) is 0 Å². The second-order valence-electron chi connectivity index (χ2n) is 4.14. The molecule has 0 bridgehead atoms. The summed E-state index contributed by atoms with van der Waals surface area (Å²) >= 11 is 0. The van der Waals surface area contributed by atoms with Gasteiger partial charge in [-0.2, -0.15) is 0 Å². The molecule has 1 aromatic heterocycles. The molecular formula is C14H15FN2O3. The molecule has 0 radical (unpaired) electrons. The van der Waals surface area contributed by atoms with E-state index in [4.69, 9.17) is 9.26 Å². The molecule has 1 N–H and O–H groups in total. The number of rotatable bonds is 5. The summed E-state index contributed by atoms with van der Waals surface area (Å²) in [7, 11) is 0. The number of aromatic nitrogens is 1. The number of amides is 1. The third-order valence-electron chi connectivity index (χ3n) is 2.75. The Bertz CT molecular complexity index is 610. The predicted molar refractivity (Wildman–Crippen MR) is 70.0 cm³/mol. The van der Waals surface area contributed by atoms with Crippen LogP contribution in [-0.2, 0) is 6.61 Å². The first-order chi connectivity index (χ1) is 9.63. The summed E-state index contributed by atoms with van der Waals surface area (Å²) < 4.78 is 23.8. The maximum atomic E-state index is 13.5. The SMILES string of the molecule is CCNC(=O)c1noc(C)c1COc1ccccc1F. The highest BCUT2D eigenvalue weighted by atomic mass is 19.1. The highest BCUT2D eigenvalue weighted by Crippen LogP contribution is 2.20. The lowest BCUT2D eigenvalue weighted by Crippen LogP contribution is -2.24. The fraction of sp³-hybridized carbons (Fsp3) is 0.286. The number of benzene rings is 1. The summed E-state index contributed by atoms with van der Waals surface area (Å²) in [5.41, 5.74) is 0.680. The Morgan fingerprint density at radius 3 is 2.90 bits per heavy atom. The zero-order valence-electron chi connectivity index (χ0n) is 11.3. The zero-order valence-corrected chi connectivity index (χ0v) is 11.3. The highest BCUT2D eigenvalue weighted by molar-refractivity contribution is 5.93. The molecule has 2 aromatic rings. The van der Waals surface area contributed by atoms with Gasteiger partial charge in [-0.05, 0) is 26.0 Å². The molecule has 106 valence electrons. The second kappa shape index (κ2) is 6.18. The average molecular weight is 278 g/mol. The van der Waals surface area contributed by atoms with E-state index < -0.39 is 5.82 Å². The maximum absolute atomic E-state index is 13.5. The Morgan fingerprint density at radius 2 is 2.20 bits per heavy atom. The Labute approximate surface area is 115 Å². The fourth-order valence-corrected chi connectivity index (χ4v) is 1.70. The van der Waals surface area contributed by atoms with Crippen LogP contribution in [0.25, 0.3) is 0 Å². The van der Waals surface area contributed by atoms with E-state index in [9.17, 15) is 9.18 Å². The normalized spacial score (nSPS) is 10.3. The monoisotopic (exact) mass is 278 g/mol. The number of nitrogens with zero attached hydrogens (tertiary/aromatic N) is 1. The molecule has 0 aliphatic heterocycles. The van der Waals surface area contributed by atoms with Gasteiger partial charge >= 0.3 is 0 Å². The van der Waals surface area contributed by atoms with Crippen molar-refractivity contribution in [2.45, 2.75) is 20.5 Å². The number of carbonyl (C=O) groups excluding carboxylic acids is 1. The van der Waals surface area contributed by atoms with Crippen LogP contribution in [0.4, 0.5) is 4.39 Å². The molecule has 0 saturated heterocycles. The van der Waals surface area contributed by atoms with Crippen molar-refractivity contribution in [1.29, 1.82) is 0 Å². The molecule has 0 unspecified atom stereocenters. The van der Waals surface area contributed by atoms with Gasteiger partial charge in [0.25, 0.3) is 5.91 Å². The summed E-state index contributed by atoms with van der Waals surface area (Å²) in [6.07, 6.45) is 0. The Morgan fingerprint density at radius 1 is 1.45 bits per heavy atom. The number of nitrogens with one attached hydrogen (secondary N) is 1. The molecule has 0 atom stereocenters. The van der Waals surface area contributed by atoms with Gasteiger partial charge in [-0.1, -0.05) is 17.3 Å². The number of ether oxygens (including phenoxy) is 1. The third-order valence-corrected chi connectivity index (χ3v) is 2.75. The summed E-state index contributed by atoms with van der Waals surface area (Å²) in [6, 6.07) is 6.07. The minimum Gasteiger partial charge on any atom is -0.486 e. The van der Waals surface area contributed by atoms with Gasteiger partial charge < -0.3 is 14.6 Å². The van der Waals surface area contributed by atoms with Gasteiger partial charge in [0.1, 0.15) is 12.4 Å². The molecule has 6 heteroatoms. The molecule has 1 aromatic carbocycles. The van der Waals surface area contributed by atoms with E-state index in [0.717, 1.165) is 0 Å². The van der Waals surface area contributed by atoms with Gasteiger partial charge in [0.15, 0.2) is 17.3 Å². The first-order valence-corrected chi connectivity index (χ1v) is 6.24. The molecule has 1 heterocycles. The molecule has 0 aliphatic rings. The van der Waals surface area contributed by atoms with Gasteiger partial charge in [0.05, 0.1) is 5.56 Å². The van der Waals surface area contributed by atoms with E-state index in [1.807, 2.05) is 0 Å². The van der Waals surface area contributed by atoms with Gasteiger partial charge in [-0.25, -0.2) is 4.39 Å². The Hall–Kier alpha value is -2.37. The topological polar surface area (TPSA) is 64.4 Å². The molecule has 0 fully saturated rings. The first-order valence-electron chi connectivity index (χ1n) is 6.24. The van der Waals surface area contributed by atoms with Crippen LogP contribution in [-0.4, -0.2) is 17.6 Å². The van der Waals surface area contributed by atoms with Crippen molar-refractivity contribution in [3.05, 3.63) is 47.1 Å². The smallest absolute Gasteiger partial charge is 0.273 e. The summed E-state index contributed by atoms with van der Waals surface area (Å²) in [5.74, 6) is -0.199. The average Bonchev–Trinajstić information content (AvgIpc) is 2.79. The van der Waals surface area contributed by atoms with Crippen molar-refractivity contribution < 1.29 is 18.4 Å². The van der Waals surface area contributed by atoms with Crippen molar-refractivity contribution in [3.8, 4) is 5.75 Å². The molecular weight excluding hydrogens is 263 g/mol. The van der Waals surface area contributed by atoms with Crippen molar-refractivity contribution in [1.82, 2.24) is 10.5 Å². The van der Waals surface area contributed by atoms with Crippen LogP contribution >= 0.6 is 0 Å². The van der Waals surface area contributed by atoms with E-state index in [-0.39, 0.29) is 24.0 Å². The first kappa shape index (κ1) is 14.0. The minimum absolute atomic E-state index is 0.0166. The van der Waals surface area contributed by atoms with E-state index in [1.165, 1.54) is 12.1 Å². The standard InChI is InChI=1S/C14H15FN2O3/c1-3-16-14(18)13-10(9(2)20-17-13)8-19-12-7-5-4-6-11(12)15/h4-7H,3,8H2,1-2H3,(H,16,18). The number of carbonyl (C=O) groups is 1. The number of halogens is 1. The van der Waals surface area contributed by atoms with Gasteiger partial charge in [0, 0.05) is 6.54 Å². The third kappa shape index (κ3) is 2.96. The molecule has 1 amide bonds. The molecule has 2 rings (SSSR count). The van der Waals surface area contributed by atoms with Crippen LogP contribution in [0.3, 0.4) is 0 Å². The summed E-state index contributed by atoms with van der Waals surface area (Å²) in [6.45, 7) is 3.98. The maximum Gasteiger partial charge on any atom is 0.273 e. The van der Waals surface area contributed by atoms with Gasteiger partial charge in [-0.15, -0.1) is 0 Å². The number of hydrogen-bond acceptors (Lipinski definition) is 4. The quantitative estimate of drug-likeness (QED) is 0.912. The van der Waals surface area contributed by atoms with Gasteiger partial charge in [0.2, 0.25) is 0 Å². The van der Waals surface area contributed by atoms with E-state index in [0.29, 0.717) is 17.9 Å². The summed E-state index contributed by atoms with van der Waals surface area (Å²) in [5, 5.41) is 6.34. The number of aryl methyl sites for hydroxylation is 1. The molecule has 20 heavy (non-hydrogen) atoms. The lowest BCUT2D eigenvalue weighted by Gasteiger charge is -2.07. The predicted octanol–water partition coefficient (Wildman–Crippen LogP) is 2.45. The van der Waals surface area contributed by atoms with Crippen LogP contribution in [0.1, 0.15) is 28.7 Å². The second-order valence-corrected chi connectivity index (χ2v) is 4.14. The number of hydrogen-bond donors (Lipinski definition) is 1. The zero-order chi connectivity index (χ0) is 14.5. The van der Waals surface area contributed by atoms with Crippen molar-refractivity contribution in [2.75, 3.05) is 6.54 Å². The lowest BCUT2D eigenvalue weighted by molar-refractivity contribution is 0.0944. The van der Waals surface area contributed by atoms with Crippen LogP contribution in [0.5, 0.6) is 5.75 Å². The Balaban J connectivity index is 2.15. The van der Waals surface area contributed by atoms with E-state index in [1.54, 1.807) is 26.0 Å². The van der Waals surface area contributed by atoms with Crippen LogP contribution in [0.2, 0.25) is 0 Å². The minimum atomic E-state index is -0.457. The van der Waals surface area contributed by atoms with Crippen LogP contribution in [0.15, 0.2) is 28.8 Å². The summed E-state index contributed by atoms with van der Waals surface area (Å²) in [4.78, 5) is 11.8. The fourth-order valence-electron chi connectivity index (χ4n) is 1.70. The molecule has 0 aliphatic carbocycles. The van der Waals surface area contributed by atoms with E-state index >= 15 is 0 Å². The van der Waals surface area contributed by atoms with Crippen molar-refractivity contribution in [3.63, 3.8) is 0 Å². The van der Waals surface area contributed by atoms with E-state index in [2.05, 4.69) is 10.5 Å². The van der Waals surface area contributed by atoms with Crippen molar-refractivity contribution >= 4 is 5.91 Å². The highest BCUT2D eigenvalue weighted by Gasteiger charge is 2.20. The van der Waals surface area contributed by atoms with Crippen LogP contribution in [0, 0.1) is 12.7 Å².